The number of nitrogens with two attached hydrogens (primary N) is 1. The van der Waals surface area contributed by atoms with Crippen molar-refractivity contribution in [1.29, 1.82) is 0 Å². The molecule has 0 fully saturated rings. The highest BCUT2D eigenvalue weighted by atomic mass is 16.5. The van der Waals surface area contributed by atoms with Gasteiger partial charge in [-0.05, 0) is 11.1 Å². The minimum Gasteiger partial charge on any atom is -0.480 e. The third kappa shape index (κ3) is 3.55. The van der Waals surface area contributed by atoms with Crippen LogP contribution in [-0.2, 0) is 22.7 Å². The zero-order valence-electron chi connectivity index (χ0n) is 7.77. The van der Waals surface area contributed by atoms with E-state index in [1.165, 1.54) is 0 Å². The van der Waals surface area contributed by atoms with Crippen LogP contribution in [-0.4, -0.2) is 17.7 Å². The maximum absolute atomic E-state index is 10.2. The van der Waals surface area contributed by atoms with Gasteiger partial charge >= 0.3 is 5.97 Å². The number of carboxylic acids is 1. The van der Waals surface area contributed by atoms with Gasteiger partial charge in [-0.25, -0.2) is 4.79 Å². The first kappa shape index (κ1) is 10.7. The van der Waals surface area contributed by atoms with Gasteiger partial charge in [-0.15, -0.1) is 0 Å². The third-order valence-corrected chi connectivity index (χ3v) is 1.72. The Labute approximate surface area is 82.3 Å². The topological polar surface area (TPSA) is 72.5 Å². The molecule has 0 saturated heterocycles. The van der Waals surface area contributed by atoms with Crippen LogP contribution in [0.4, 0.5) is 0 Å². The number of ether oxygens (including phenoxy) is 1. The Bertz CT molecular complexity index is 312. The fourth-order valence-corrected chi connectivity index (χ4v) is 1.10. The predicted octanol–water partition coefficient (Wildman–Crippen LogP) is 0.746. The third-order valence-electron chi connectivity index (χ3n) is 1.72. The normalized spacial score (nSPS) is 10.1. The van der Waals surface area contributed by atoms with Crippen molar-refractivity contribution >= 4 is 5.97 Å². The van der Waals surface area contributed by atoms with E-state index in [1.807, 2.05) is 24.3 Å². The number of aliphatic carboxylic acids is 1. The summed E-state index contributed by atoms with van der Waals surface area (Å²) in [5.41, 5.74) is 7.41. The summed E-state index contributed by atoms with van der Waals surface area (Å²) < 4.78 is 4.94. The number of benzene rings is 1. The summed E-state index contributed by atoms with van der Waals surface area (Å²) in [5.74, 6) is -0.958. The molecule has 0 aliphatic carbocycles. The fourth-order valence-electron chi connectivity index (χ4n) is 1.10. The molecule has 76 valence electrons. The van der Waals surface area contributed by atoms with Crippen LogP contribution in [0, 0.1) is 0 Å². The highest BCUT2D eigenvalue weighted by Crippen LogP contribution is 2.05. The summed E-state index contributed by atoms with van der Waals surface area (Å²) >= 11 is 0. The molecular weight excluding hydrogens is 182 g/mol. The molecule has 14 heavy (non-hydrogen) atoms. The van der Waals surface area contributed by atoms with Crippen molar-refractivity contribution in [3.8, 4) is 0 Å². The molecule has 4 nitrogen and oxygen atoms in total. The summed E-state index contributed by atoms with van der Waals surface area (Å²) in [6, 6.07) is 7.57. The van der Waals surface area contributed by atoms with Crippen LogP contribution in [0.15, 0.2) is 24.3 Å². The van der Waals surface area contributed by atoms with Gasteiger partial charge in [0.1, 0.15) is 6.61 Å². The lowest BCUT2D eigenvalue weighted by Gasteiger charge is -2.03. The van der Waals surface area contributed by atoms with Crippen molar-refractivity contribution in [2.75, 3.05) is 6.61 Å². The molecule has 0 saturated carbocycles. The SMILES string of the molecule is NCc1cccc(COCC(=O)O)c1. The summed E-state index contributed by atoms with van der Waals surface area (Å²) in [4.78, 5) is 10.2. The standard InChI is InChI=1S/C10H13NO3/c11-5-8-2-1-3-9(4-8)6-14-7-10(12)13/h1-4H,5-7,11H2,(H,12,13). The van der Waals surface area contributed by atoms with Gasteiger partial charge in [-0.3, -0.25) is 0 Å². The number of hydrogen-bond donors (Lipinski definition) is 2. The van der Waals surface area contributed by atoms with Crippen molar-refractivity contribution in [2.45, 2.75) is 13.2 Å². The van der Waals surface area contributed by atoms with E-state index < -0.39 is 5.97 Å². The molecule has 0 bridgehead atoms. The maximum Gasteiger partial charge on any atom is 0.329 e. The van der Waals surface area contributed by atoms with E-state index in [4.69, 9.17) is 15.6 Å². The van der Waals surface area contributed by atoms with Crippen LogP contribution >= 0.6 is 0 Å². The molecule has 0 heterocycles. The summed E-state index contributed by atoms with van der Waals surface area (Å²) in [5, 5.41) is 8.35. The molecule has 1 rings (SSSR count). The van der Waals surface area contributed by atoms with Crippen LogP contribution in [0.2, 0.25) is 0 Å². The van der Waals surface area contributed by atoms with Gasteiger partial charge in [0.2, 0.25) is 0 Å². The molecule has 4 heteroatoms. The van der Waals surface area contributed by atoms with Gasteiger partial charge in [-0.1, -0.05) is 24.3 Å². The molecule has 0 aliphatic rings. The van der Waals surface area contributed by atoms with Gasteiger partial charge in [0.05, 0.1) is 6.61 Å². The fraction of sp³-hybridized carbons (Fsp3) is 0.300. The van der Waals surface area contributed by atoms with E-state index in [1.54, 1.807) is 0 Å². The van der Waals surface area contributed by atoms with Crippen LogP contribution in [0.3, 0.4) is 0 Å². The Balaban J connectivity index is 2.46. The van der Waals surface area contributed by atoms with Crippen LogP contribution in [0.1, 0.15) is 11.1 Å². The highest BCUT2D eigenvalue weighted by molar-refractivity contribution is 5.67. The molecular formula is C10H13NO3. The second-order valence-corrected chi connectivity index (χ2v) is 2.91. The summed E-state index contributed by atoms with van der Waals surface area (Å²) in [7, 11) is 0. The molecule has 0 aromatic heterocycles. The molecule has 0 aliphatic heterocycles. The van der Waals surface area contributed by atoms with Crippen molar-refractivity contribution in [2.24, 2.45) is 5.73 Å². The highest BCUT2D eigenvalue weighted by Gasteiger charge is 1.98. The van der Waals surface area contributed by atoms with Crippen molar-refractivity contribution in [1.82, 2.24) is 0 Å². The van der Waals surface area contributed by atoms with Crippen LogP contribution in [0.5, 0.6) is 0 Å². The predicted molar refractivity (Wildman–Crippen MR) is 51.6 cm³/mol. The first-order chi connectivity index (χ1) is 6.72. The minimum atomic E-state index is -0.958. The lowest BCUT2D eigenvalue weighted by Crippen LogP contribution is -2.07. The lowest BCUT2D eigenvalue weighted by molar-refractivity contribution is -0.142. The van der Waals surface area contributed by atoms with Gasteiger partial charge in [0.25, 0.3) is 0 Å². The first-order valence-corrected chi connectivity index (χ1v) is 4.30. The van der Waals surface area contributed by atoms with Crippen LogP contribution in [0.25, 0.3) is 0 Å². The quantitative estimate of drug-likeness (QED) is 0.727. The first-order valence-electron chi connectivity index (χ1n) is 4.30. The van der Waals surface area contributed by atoms with E-state index in [0.717, 1.165) is 11.1 Å². The van der Waals surface area contributed by atoms with Crippen LogP contribution < -0.4 is 5.73 Å². The van der Waals surface area contributed by atoms with E-state index in [0.29, 0.717) is 13.2 Å². The van der Waals surface area contributed by atoms with E-state index in [2.05, 4.69) is 0 Å². The summed E-state index contributed by atoms with van der Waals surface area (Å²) in [6.45, 7) is 0.514. The molecule has 0 radical (unpaired) electrons. The van der Waals surface area contributed by atoms with Gasteiger partial charge in [0.15, 0.2) is 0 Å². The molecule has 0 atom stereocenters. The zero-order chi connectivity index (χ0) is 10.4. The van der Waals surface area contributed by atoms with E-state index in [-0.39, 0.29) is 6.61 Å². The zero-order valence-corrected chi connectivity index (χ0v) is 7.77. The Kier molecular flexibility index (Phi) is 4.10. The average molecular weight is 195 g/mol. The number of carboxylic acid groups (broad SMARTS) is 1. The molecule has 1 aromatic rings. The van der Waals surface area contributed by atoms with Crippen molar-refractivity contribution in [3.63, 3.8) is 0 Å². The van der Waals surface area contributed by atoms with Crippen molar-refractivity contribution < 1.29 is 14.6 Å². The smallest absolute Gasteiger partial charge is 0.329 e. The molecule has 0 spiro atoms. The Morgan fingerprint density at radius 2 is 2.14 bits per heavy atom. The van der Waals surface area contributed by atoms with Gasteiger partial charge in [-0.2, -0.15) is 0 Å². The van der Waals surface area contributed by atoms with Gasteiger partial charge < -0.3 is 15.6 Å². The van der Waals surface area contributed by atoms with E-state index >= 15 is 0 Å². The molecule has 3 N–H and O–H groups in total. The second kappa shape index (κ2) is 5.36. The van der Waals surface area contributed by atoms with Gasteiger partial charge in [0, 0.05) is 6.54 Å². The molecule has 0 amide bonds. The summed E-state index contributed by atoms with van der Waals surface area (Å²) in [6.07, 6.45) is 0. The number of rotatable bonds is 5. The van der Waals surface area contributed by atoms with E-state index in [9.17, 15) is 4.79 Å². The average Bonchev–Trinajstić information content (AvgIpc) is 2.18. The molecule has 0 unspecified atom stereocenters. The van der Waals surface area contributed by atoms with Crippen molar-refractivity contribution in [3.05, 3.63) is 35.4 Å². The number of hydrogen-bond acceptors (Lipinski definition) is 3. The second-order valence-electron chi connectivity index (χ2n) is 2.91. The minimum absolute atomic E-state index is 0.271. The number of carbonyl (C=O) groups is 1. The Hall–Kier alpha value is -1.39. The lowest BCUT2D eigenvalue weighted by atomic mass is 10.1. The Morgan fingerprint density at radius 3 is 2.79 bits per heavy atom. The molecule has 1 aromatic carbocycles. The maximum atomic E-state index is 10.2. The largest absolute Gasteiger partial charge is 0.480 e. The monoisotopic (exact) mass is 195 g/mol. The Morgan fingerprint density at radius 1 is 1.43 bits per heavy atom.